The molecule has 2 aromatic rings. The highest BCUT2D eigenvalue weighted by Crippen LogP contribution is 2.17. The van der Waals surface area contributed by atoms with E-state index < -0.39 is 18.0 Å². The molecule has 0 radical (unpaired) electrons. The minimum absolute atomic E-state index is 0.197. The molecule has 0 aliphatic rings. The first-order chi connectivity index (χ1) is 11.0. The van der Waals surface area contributed by atoms with Gasteiger partial charge >= 0.3 is 12.0 Å². The second kappa shape index (κ2) is 7.67. The smallest absolute Gasteiger partial charge is 0.326 e. The molecule has 6 heteroatoms. The van der Waals surface area contributed by atoms with Crippen molar-refractivity contribution in [3.63, 3.8) is 0 Å². The molecule has 1 aromatic heterocycles. The van der Waals surface area contributed by atoms with Gasteiger partial charge in [0.15, 0.2) is 0 Å². The highest BCUT2D eigenvalue weighted by molar-refractivity contribution is 5.84. The third-order valence-corrected chi connectivity index (χ3v) is 3.67. The minimum Gasteiger partial charge on any atom is -0.480 e. The topological polar surface area (TPSA) is 94.2 Å². The van der Waals surface area contributed by atoms with E-state index in [1.807, 2.05) is 44.3 Å². The first kappa shape index (κ1) is 16.9. The molecule has 23 heavy (non-hydrogen) atoms. The molecule has 1 aromatic carbocycles. The Morgan fingerprint density at radius 3 is 2.70 bits per heavy atom. The summed E-state index contributed by atoms with van der Waals surface area (Å²) in [6, 6.07) is 6.67. The van der Waals surface area contributed by atoms with Gasteiger partial charge in [-0.3, -0.25) is 0 Å². The molecule has 2 amide bonds. The number of carboxylic acid groups (broad SMARTS) is 1. The van der Waals surface area contributed by atoms with Gasteiger partial charge in [0.05, 0.1) is 0 Å². The summed E-state index contributed by atoms with van der Waals surface area (Å²) in [5.74, 6) is -0.812. The zero-order valence-corrected chi connectivity index (χ0v) is 13.4. The Balaban J connectivity index is 1.83. The van der Waals surface area contributed by atoms with E-state index in [1.54, 1.807) is 0 Å². The number of carbonyl (C=O) groups is 2. The summed E-state index contributed by atoms with van der Waals surface area (Å²) < 4.78 is 0. The molecule has 0 saturated heterocycles. The lowest BCUT2D eigenvalue weighted by atomic mass is 10.0. The van der Waals surface area contributed by atoms with Gasteiger partial charge in [-0.05, 0) is 30.4 Å². The van der Waals surface area contributed by atoms with Crippen LogP contribution in [-0.4, -0.2) is 34.7 Å². The van der Waals surface area contributed by atoms with Crippen molar-refractivity contribution in [2.24, 2.45) is 5.92 Å². The van der Waals surface area contributed by atoms with E-state index in [0.29, 0.717) is 19.4 Å². The molecule has 2 rings (SSSR count). The second-order valence-corrected chi connectivity index (χ2v) is 6.03. The van der Waals surface area contributed by atoms with Gasteiger partial charge in [0.25, 0.3) is 0 Å². The molecule has 1 atom stereocenters. The monoisotopic (exact) mass is 317 g/mol. The number of hydrogen-bond donors (Lipinski definition) is 4. The van der Waals surface area contributed by atoms with Crippen molar-refractivity contribution in [2.45, 2.75) is 32.7 Å². The van der Waals surface area contributed by atoms with E-state index in [2.05, 4.69) is 15.6 Å². The molecule has 0 spiro atoms. The number of urea groups is 1. The third kappa shape index (κ3) is 4.74. The highest BCUT2D eigenvalue weighted by atomic mass is 16.4. The Bertz CT molecular complexity index is 679. The maximum atomic E-state index is 11.8. The van der Waals surface area contributed by atoms with E-state index in [0.717, 1.165) is 16.5 Å². The van der Waals surface area contributed by atoms with Crippen molar-refractivity contribution < 1.29 is 14.7 Å². The molecule has 0 aliphatic carbocycles. The van der Waals surface area contributed by atoms with Crippen LogP contribution in [0.15, 0.2) is 30.5 Å². The van der Waals surface area contributed by atoms with E-state index in [4.69, 9.17) is 5.11 Å². The van der Waals surface area contributed by atoms with Crippen LogP contribution >= 0.6 is 0 Å². The molecule has 0 saturated carbocycles. The average molecular weight is 317 g/mol. The second-order valence-electron chi connectivity index (χ2n) is 6.03. The summed E-state index contributed by atoms with van der Waals surface area (Å²) >= 11 is 0. The summed E-state index contributed by atoms with van der Waals surface area (Å²) in [4.78, 5) is 26.2. The van der Waals surface area contributed by atoms with Crippen LogP contribution in [0.4, 0.5) is 4.79 Å². The predicted octanol–water partition coefficient (Wildman–Crippen LogP) is 2.51. The maximum Gasteiger partial charge on any atom is 0.326 e. The van der Waals surface area contributed by atoms with Crippen molar-refractivity contribution in [3.8, 4) is 0 Å². The Hall–Kier alpha value is -2.50. The van der Waals surface area contributed by atoms with Gasteiger partial charge in [0.2, 0.25) is 0 Å². The third-order valence-electron chi connectivity index (χ3n) is 3.67. The van der Waals surface area contributed by atoms with E-state index >= 15 is 0 Å². The zero-order chi connectivity index (χ0) is 16.8. The number of aromatic amines is 1. The number of benzene rings is 1. The first-order valence-corrected chi connectivity index (χ1v) is 7.79. The molecule has 1 heterocycles. The van der Waals surface area contributed by atoms with Crippen LogP contribution in [0.3, 0.4) is 0 Å². The number of nitrogens with one attached hydrogen (secondary N) is 3. The molecular formula is C17H23N3O3. The predicted molar refractivity (Wildman–Crippen MR) is 89.4 cm³/mol. The minimum atomic E-state index is -1.01. The lowest BCUT2D eigenvalue weighted by molar-refractivity contribution is -0.139. The summed E-state index contributed by atoms with van der Waals surface area (Å²) in [6.07, 6.45) is 3.02. The Labute approximate surface area is 135 Å². The summed E-state index contributed by atoms with van der Waals surface area (Å²) in [7, 11) is 0. The molecular weight excluding hydrogens is 294 g/mol. The van der Waals surface area contributed by atoms with Gasteiger partial charge in [-0.15, -0.1) is 0 Å². The molecule has 0 bridgehead atoms. The Kier molecular flexibility index (Phi) is 5.62. The Morgan fingerprint density at radius 2 is 2.00 bits per heavy atom. The normalized spacial score (nSPS) is 12.3. The molecule has 0 fully saturated rings. The fourth-order valence-corrected chi connectivity index (χ4v) is 2.55. The lowest BCUT2D eigenvalue weighted by Gasteiger charge is -2.16. The van der Waals surface area contributed by atoms with Gasteiger partial charge in [0, 0.05) is 23.6 Å². The average Bonchev–Trinajstić information content (AvgIpc) is 2.89. The number of H-pyrrole nitrogens is 1. The van der Waals surface area contributed by atoms with Gasteiger partial charge in [0.1, 0.15) is 6.04 Å². The number of para-hydroxylation sites is 1. The Morgan fingerprint density at radius 1 is 1.26 bits per heavy atom. The van der Waals surface area contributed by atoms with Crippen LogP contribution in [0.2, 0.25) is 0 Å². The highest BCUT2D eigenvalue weighted by Gasteiger charge is 2.20. The van der Waals surface area contributed by atoms with E-state index in [1.165, 1.54) is 0 Å². The number of aromatic nitrogens is 1. The van der Waals surface area contributed by atoms with Crippen molar-refractivity contribution in [3.05, 3.63) is 36.0 Å². The van der Waals surface area contributed by atoms with Crippen molar-refractivity contribution in [1.82, 2.24) is 15.6 Å². The summed E-state index contributed by atoms with van der Waals surface area (Å²) in [5.41, 5.74) is 2.19. The van der Waals surface area contributed by atoms with Crippen molar-refractivity contribution >= 4 is 22.9 Å². The van der Waals surface area contributed by atoms with Crippen molar-refractivity contribution in [1.29, 1.82) is 0 Å². The van der Waals surface area contributed by atoms with Gasteiger partial charge < -0.3 is 20.7 Å². The van der Waals surface area contributed by atoms with Gasteiger partial charge in [-0.25, -0.2) is 9.59 Å². The van der Waals surface area contributed by atoms with Crippen LogP contribution in [0, 0.1) is 5.92 Å². The first-order valence-electron chi connectivity index (χ1n) is 7.79. The molecule has 4 N–H and O–H groups in total. The fourth-order valence-electron chi connectivity index (χ4n) is 2.55. The summed E-state index contributed by atoms with van der Waals surface area (Å²) in [6.45, 7) is 4.29. The maximum absolute atomic E-state index is 11.8. The number of amides is 2. The largest absolute Gasteiger partial charge is 0.480 e. The number of rotatable bonds is 7. The van der Waals surface area contributed by atoms with Gasteiger partial charge in [-0.2, -0.15) is 0 Å². The molecule has 124 valence electrons. The number of carboxylic acids is 1. The number of aliphatic carboxylic acids is 1. The fraction of sp³-hybridized carbons (Fsp3) is 0.412. The molecule has 6 nitrogen and oxygen atoms in total. The zero-order valence-electron chi connectivity index (χ0n) is 13.4. The number of fused-ring (bicyclic) bond motifs is 1. The van der Waals surface area contributed by atoms with Crippen molar-refractivity contribution in [2.75, 3.05) is 6.54 Å². The van der Waals surface area contributed by atoms with Crippen LogP contribution in [0.25, 0.3) is 10.9 Å². The summed E-state index contributed by atoms with van der Waals surface area (Å²) in [5, 5.41) is 15.5. The van der Waals surface area contributed by atoms with Crippen LogP contribution < -0.4 is 10.6 Å². The van der Waals surface area contributed by atoms with E-state index in [9.17, 15) is 9.59 Å². The van der Waals surface area contributed by atoms with Crippen LogP contribution in [-0.2, 0) is 11.2 Å². The SMILES string of the molecule is CC(C)CC(NC(=O)NCCc1c[nH]c2ccccc12)C(=O)O. The van der Waals surface area contributed by atoms with Gasteiger partial charge in [-0.1, -0.05) is 32.0 Å². The number of hydrogen-bond acceptors (Lipinski definition) is 2. The molecule has 0 aliphatic heterocycles. The lowest BCUT2D eigenvalue weighted by Crippen LogP contribution is -2.47. The molecule has 1 unspecified atom stereocenters. The standard InChI is InChI=1S/C17H23N3O3/c1-11(2)9-15(16(21)22)20-17(23)18-8-7-12-10-19-14-6-4-3-5-13(12)14/h3-6,10-11,15,19H,7-9H2,1-2H3,(H,21,22)(H2,18,20,23). The van der Waals surface area contributed by atoms with Crippen LogP contribution in [0.1, 0.15) is 25.8 Å². The number of carbonyl (C=O) groups excluding carboxylic acids is 1. The van der Waals surface area contributed by atoms with Crippen LogP contribution in [0.5, 0.6) is 0 Å². The van der Waals surface area contributed by atoms with E-state index in [-0.39, 0.29) is 5.92 Å². The quantitative estimate of drug-likeness (QED) is 0.632.